The number of guanidine groups is 1. The summed E-state index contributed by atoms with van der Waals surface area (Å²) < 4.78 is 0. The molecule has 1 atom stereocenters. The summed E-state index contributed by atoms with van der Waals surface area (Å²) >= 11 is 0. The first-order valence-electron chi connectivity index (χ1n) is 12.1. The molecule has 0 bridgehead atoms. The van der Waals surface area contributed by atoms with Gasteiger partial charge in [-0.15, -0.1) is 0 Å². The summed E-state index contributed by atoms with van der Waals surface area (Å²) in [7, 11) is 0. The molecule has 0 saturated carbocycles. The van der Waals surface area contributed by atoms with Gasteiger partial charge in [0.1, 0.15) is 0 Å². The Balaban J connectivity index is 1.34. The standard InChI is InChI=1S/C27H29N7O4/c28-27(31-15-18-3-1-8-29-14-18)32-21-6-5-19-7-10-34(24(19)11-21)17-22(35)12-25(36)33-23(13-26(37)38)20-4-2-9-30-16-20/h1-6,8-9,11,14,16,23H,7,10,12-13,15,17H2,(H,33,36)(H,37,38)(H3,28,31,32). The number of amides is 1. The molecule has 196 valence electrons. The van der Waals surface area contributed by atoms with Gasteiger partial charge in [-0.1, -0.05) is 18.2 Å². The van der Waals surface area contributed by atoms with Crippen LogP contribution in [0.15, 0.2) is 72.2 Å². The summed E-state index contributed by atoms with van der Waals surface area (Å²) in [6.45, 7) is 1.10. The van der Waals surface area contributed by atoms with Crippen LogP contribution in [0.5, 0.6) is 0 Å². The molecule has 1 aliphatic heterocycles. The van der Waals surface area contributed by atoms with Crippen molar-refractivity contribution in [3.8, 4) is 0 Å². The molecule has 1 unspecified atom stereocenters. The number of hydrogen-bond acceptors (Lipinski definition) is 7. The van der Waals surface area contributed by atoms with Gasteiger partial charge in [-0.25, -0.2) is 4.99 Å². The Morgan fingerprint density at radius 1 is 1.11 bits per heavy atom. The van der Waals surface area contributed by atoms with Gasteiger partial charge in [0, 0.05) is 42.7 Å². The van der Waals surface area contributed by atoms with Crippen LogP contribution in [0.4, 0.5) is 11.4 Å². The number of Topliss-reactive ketones (excluding diaryl/α,β-unsaturated/α-hetero) is 1. The number of carboxylic acid groups (broad SMARTS) is 1. The molecule has 0 aliphatic carbocycles. The van der Waals surface area contributed by atoms with Crippen LogP contribution in [-0.2, 0) is 27.3 Å². The Bertz CT molecular complexity index is 1320. The van der Waals surface area contributed by atoms with E-state index < -0.39 is 17.9 Å². The summed E-state index contributed by atoms with van der Waals surface area (Å²) in [5.74, 6) is -1.61. The molecule has 1 amide bonds. The molecule has 0 radical (unpaired) electrons. The second-order valence-corrected chi connectivity index (χ2v) is 8.92. The van der Waals surface area contributed by atoms with E-state index in [4.69, 9.17) is 5.73 Å². The topological polar surface area (TPSA) is 163 Å². The zero-order valence-corrected chi connectivity index (χ0v) is 20.7. The SMILES string of the molecule is NC(=NCc1cccnc1)Nc1ccc2c(c1)N(CC(=O)CC(=O)NC(CC(=O)O)c1cccnc1)CC2. The second-order valence-electron chi connectivity index (χ2n) is 8.92. The van der Waals surface area contributed by atoms with Crippen molar-refractivity contribution in [3.05, 3.63) is 83.9 Å². The van der Waals surface area contributed by atoms with E-state index in [0.717, 1.165) is 28.9 Å². The Kier molecular flexibility index (Phi) is 8.60. The average molecular weight is 516 g/mol. The molecule has 11 heteroatoms. The van der Waals surface area contributed by atoms with Crippen LogP contribution >= 0.6 is 0 Å². The minimum Gasteiger partial charge on any atom is -0.481 e. The number of rotatable bonds is 11. The quantitative estimate of drug-likeness (QED) is 0.170. The number of nitrogens with two attached hydrogens (primary N) is 1. The molecule has 1 aliphatic rings. The van der Waals surface area contributed by atoms with E-state index in [1.54, 1.807) is 30.7 Å². The maximum Gasteiger partial charge on any atom is 0.305 e. The lowest BCUT2D eigenvalue weighted by Crippen LogP contribution is -2.35. The number of anilines is 2. The van der Waals surface area contributed by atoms with Crippen LogP contribution < -0.4 is 21.3 Å². The normalized spacial score (nSPS) is 13.5. The molecule has 3 heterocycles. The minimum atomic E-state index is -1.06. The Morgan fingerprint density at radius 2 is 1.89 bits per heavy atom. The molecule has 0 fully saturated rings. The van der Waals surface area contributed by atoms with Gasteiger partial charge in [-0.3, -0.25) is 24.4 Å². The minimum absolute atomic E-state index is 0.0605. The molecule has 3 aromatic rings. The van der Waals surface area contributed by atoms with Crippen molar-refractivity contribution in [2.24, 2.45) is 10.7 Å². The fourth-order valence-electron chi connectivity index (χ4n) is 4.25. The Hall–Kier alpha value is -4.80. The number of aliphatic carboxylic acids is 1. The van der Waals surface area contributed by atoms with Crippen molar-refractivity contribution in [2.45, 2.75) is 31.8 Å². The molecule has 38 heavy (non-hydrogen) atoms. The van der Waals surface area contributed by atoms with Crippen molar-refractivity contribution in [3.63, 3.8) is 0 Å². The first-order chi connectivity index (χ1) is 18.4. The number of nitrogens with zero attached hydrogens (tertiary/aromatic N) is 4. The number of fused-ring (bicyclic) bond motifs is 1. The zero-order valence-electron chi connectivity index (χ0n) is 20.7. The van der Waals surface area contributed by atoms with E-state index in [2.05, 4.69) is 25.6 Å². The molecule has 0 saturated heterocycles. The van der Waals surface area contributed by atoms with E-state index >= 15 is 0 Å². The van der Waals surface area contributed by atoms with E-state index in [0.29, 0.717) is 18.7 Å². The van der Waals surface area contributed by atoms with Crippen LogP contribution in [0.3, 0.4) is 0 Å². The van der Waals surface area contributed by atoms with Crippen LogP contribution in [0.1, 0.15) is 35.6 Å². The van der Waals surface area contributed by atoms with Gasteiger partial charge < -0.3 is 26.4 Å². The fraction of sp³-hybridized carbons (Fsp3) is 0.259. The summed E-state index contributed by atoms with van der Waals surface area (Å²) in [5, 5.41) is 14.9. The highest BCUT2D eigenvalue weighted by Gasteiger charge is 2.24. The molecule has 1 aromatic carbocycles. The number of carbonyl (C=O) groups excluding carboxylic acids is 2. The first-order valence-corrected chi connectivity index (χ1v) is 12.1. The van der Waals surface area contributed by atoms with Crippen molar-refractivity contribution < 1.29 is 19.5 Å². The van der Waals surface area contributed by atoms with Gasteiger partial charge in [0.2, 0.25) is 5.91 Å². The highest BCUT2D eigenvalue weighted by atomic mass is 16.4. The van der Waals surface area contributed by atoms with Gasteiger partial charge in [-0.05, 0) is 47.4 Å². The fourth-order valence-corrected chi connectivity index (χ4v) is 4.25. The lowest BCUT2D eigenvalue weighted by Gasteiger charge is -2.20. The largest absolute Gasteiger partial charge is 0.481 e. The molecule has 4 rings (SSSR count). The van der Waals surface area contributed by atoms with Crippen LogP contribution in [0, 0.1) is 0 Å². The Labute approximate surface area is 219 Å². The highest BCUT2D eigenvalue weighted by Crippen LogP contribution is 2.30. The third kappa shape index (κ3) is 7.36. The number of aliphatic imine (C=N–C) groups is 1. The smallest absolute Gasteiger partial charge is 0.305 e. The first kappa shape index (κ1) is 26.3. The summed E-state index contributed by atoms with van der Waals surface area (Å²) in [6.07, 6.45) is 6.60. The number of ketones is 1. The molecule has 5 N–H and O–H groups in total. The predicted octanol–water partition coefficient (Wildman–Crippen LogP) is 2.06. The summed E-state index contributed by atoms with van der Waals surface area (Å²) in [6, 6.07) is 12.1. The van der Waals surface area contributed by atoms with Gasteiger partial charge in [0.25, 0.3) is 0 Å². The van der Waals surface area contributed by atoms with E-state index in [-0.39, 0.29) is 31.1 Å². The van der Waals surface area contributed by atoms with E-state index in [1.807, 2.05) is 35.2 Å². The third-order valence-electron chi connectivity index (χ3n) is 6.03. The van der Waals surface area contributed by atoms with Gasteiger partial charge in [0.15, 0.2) is 11.7 Å². The molecule has 2 aromatic heterocycles. The second kappa shape index (κ2) is 12.4. The van der Waals surface area contributed by atoms with Crippen LogP contribution in [0.2, 0.25) is 0 Å². The number of hydrogen-bond donors (Lipinski definition) is 4. The Morgan fingerprint density at radius 3 is 2.61 bits per heavy atom. The maximum absolute atomic E-state index is 12.8. The summed E-state index contributed by atoms with van der Waals surface area (Å²) in [4.78, 5) is 50.9. The number of benzene rings is 1. The maximum atomic E-state index is 12.8. The number of aromatic nitrogens is 2. The van der Waals surface area contributed by atoms with E-state index in [9.17, 15) is 19.5 Å². The van der Waals surface area contributed by atoms with Crippen LogP contribution in [0.25, 0.3) is 0 Å². The predicted molar refractivity (Wildman–Crippen MR) is 143 cm³/mol. The van der Waals surface area contributed by atoms with Crippen molar-refractivity contribution >= 4 is 35.0 Å². The molecule has 0 spiro atoms. The van der Waals surface area contributed by atoms with Gasteiger partial charge >= 0.3 is 5.97 Å². The van der Waals surface area contributed by atoms with Crippen LogP contribution in [-0.4, -0.2) is 51.8 Å². The molecule has 11 nitrogen and oxygen atoms in total. The number of carbonyl (C=O) groups is 3. The highest BCUT2D eigenvalue weighted by molar-refractivity contribution is 6.00. The number of pyridine rings is 2. The third-order valence-corrected chi connectivity index (χ3v) is 6.03. The number of carboxylic acids is 1. The monoisotopic (exact) mass is 515 g/mol. The van der Waals surface area contributed by atoms with Gasteiger partial charge in [-0.2, -0.15) is 0 Å². The lowest BCUT2D eigenvalue weighted by atomic mass is 10.1. The van der Waals surface area contributed by atoms with Gasteiger partial charge in [0.05, 0.1) is 32.0 Å². The summed E-state index contributed by atoms with van der Waals surface area (Å²) in [5.41, 5.74) is 10.3. The molecular formula is C27H29N7O4. The molecular weight excluding hydrogens is 486 g/mol. The van der Waals surface area contributed by atoms with Crippen molar-refractivity contribution in [2.75, 3.05) is 23.3 Å². The number of nitrogens with one attached hydrogen (secondary N) is 2. The zero-order chi connectivity index (χ0) is 26.9. The lowest BCUT2D eigenvalue weighted by molar-refractivity contribution is -0.137. The average Bonchev–Trinajstić information content (AvgIpc) is 3.29. The van der Waals surface area contributed by atoms with Crippen molar-refractivity contribution in [1.29, 1.82) is 0 Å². The van der Waals surface area contributed by atoms with Crippen molar-refractivity contribution in [1.82, 2.24) is 15.3 Å². The van der Waals surface area contributed by atoms with E-state index in [1.165, 1.54) is 6.20 Å².